The Hall–Kier alpha value is -17.7. The topological polar surface area (TPSA) is 164 Å². The zero-order valence-corrected chi connectivity index (χ0v) is 77.9. The summed E-state index contributed by atoms with van der Waals surface area (Å²) >= 11 is 0. The van der Waals surface area contributed by atoms with E-state index in [0.717, 1.165) is 168 Å². The van der Waals surface area contributed by atoms with Crippen molar-refractivity contribution >= 4 is 23.0 Å². The van der Waals surface area contributed by atoms with Gasteiger partial charge in [-0.2, -0.15) is 20.4 Å². The number of hydrogen-bond acceptors (Lipinski definition) is 13. The van der Waals surface area contributed by atoms with Crippen LogP contribution in [0.3, 0.4) is 0 Å². The zero-order chi connectivity index (χ0) is 93.2. The fourth-order valence-corrected chi connectivity index (χ4v) is 27.4. The highest BCUT2D eigenvalue weighted by Gasteiger charge is 2.50. The first-order valence-corrected chi connectivity index (χ1v) is 50.7. The zero-order valence-electron chi connectivity index (χ0n) is 75.2. The maximum Gasteiger partial charge on any atom is 0.460 e. The fraction of sp³-hybridized carbons (Fsp3) is 0. The summed E-state index contributed by atoms with van der Waals surface area (Å²) in [7, 11) is -14.0. The van der Waals surface area contributed by atoms with Crippen molar-refractivity contribution in [3.63, 3.8) is 0 Å². The van der Waals surface area contributed by atoms with Gasteiger partial charge in [0.1, 0.15) is 57.3 Å². The van der Waals surface area contributed by atoms with Crippen LogP contribution in [0.2, 0.25) is 0 Å². The molecule has 0 aliphatic carbocycles. The summed E-state index contributed by atoms with van der Waals surface area (Å²) in [6.07, 6.45) is 0. The Balaban J connectivity index is 0.753. The average Bonchev–Trinajstić information content (AvgIpc) is 1.22. The molecule has 6 heterocycles. The van der Waals surface area contributed by atoms with E-state index in [9.17, 15) is 0 Å². The molecule has 0 unspecified atom stereocenters. The third-order valence-corrected chi connectivity index (χ3v) is 32.7. The third-order valence-electron chi connectivity index (χ3n) is 24.6. The maximum absolute atomic E-state index is 7.97. The highest BCUT2D eigenvalue weighted by molar-refractivity contribution is 7.79. The second-order valence-corrected chi connectivity index (χ2v) is 39.8. The standard InChI is InChI=1S/C120H84N11O6P3/c1-13-41-89(42-14-1)113-109(117(93-49-21-5-22-50-93)128(121-113)97-57-29-9-30-58-97)85-69-77-101(78-70-85)132-138(133-102-79-71-86(72-80-102)110-114(90-43-15-2-16-44-90)122-129(98-59-31-10-32-60-98)118(110)94-51-23-6-24-52-94)125-139(127-140(126-138)136-107-67-39-37-65-105(107)106-66-38-40-68-108(106)137-140,134-103-81-73-87(74-82-103)111-115(91-45-17-3-18-46-91)123-130(99-61-33-11-34-62-99)119(111)95-53-25-7-26-54-95)135-104-83-75-88(76-84-104)112-116(92-47-19-4-20-48-92)124-131(100-63-35-12-36-64-100)120(112)96-55-27-8-28-56-96/h1-84H. The summed E-state index contributed by atoms with van der Waals surface area (Å²) in [5, 5.41) is 22.1. The van der Waals surface area contributed by atoms with Gasteiger partial charge in [0.2, 0.25) is 0 Å². The molecule has 2 aliphatic heterocycles. The van der Waals surface area contributed by atoms with Gasteiger partial charge in [-0.25, -0.2) is 18.7 Å². The summed E-state index contributed by atoms with van der Waals surface area (Å²) < 4.78 is 73.3. The van der Waals surface area contributed by atoms with Gasteiger partial charge in [-0.15, -0.1) is 0 Å². The molecule has 0 bridgehead atoms. The van der Waals surface area contributed by atoms with E-state index in [1.807, 2.05) is 334 Å². The molecule has 24 rings (SSSR count). The Kier molecular flexibility index (Phi) is 22.6. The lowest BCUT2D eigenvalue weighted by atomic mass is 9.95. The van der Waals surface area contributed by atoms with E-state index in [4.69, 9.17) is 61.1 Å². The Bertz CT molecular complexity index is 7530. The van der Waals surface area contributed by atoms with E-state index in [1.54, 1.807) is 0 Å². The molecule has 22 aromatic rings. The molecule has 0 radical (unpaired) electrons. The van der Waals surface area contributed by atoms with Crippen molar-refractivity contribution in [2.24, 2.45) is 13.5 Å². The number of hydrogen-bond donors (Lipinski definition) is 0. The molecule has 18 aromatic carbocycles. The molecule has 20 heteroatoms. The molecule has 0 atom stereocenters. The second kappa shape index (κ2) is 37.2. The summed E-state index contributed by atoms with van der Waals surface area (Å²) in [6, 6.07) is 171. The summed E-state index contributed by atoms with van der Waals surface area (Å²) in [4.78, 5) is 0. The van der Waals surface area contributed by atoms with Crippen molar-refractivity contribution < 1.29 is 27.1 Å². The molecule has 670 valence electrons. The van der Waals surface area contributed by atoms with Crippen LogP contribution in [0.4, 0.5) is 0 Å². The Morgan fingerprint density at radius 3 is 0.593 bits per heavy atom. The Labute approximate surface area is 809 Å². The molecule has 2 aliphatic rings. The van der Waals surface area contributed by atoms with Crippen molar-refractivity contribution in [1.82, 2.24) is 39.1 Å². The van der Waals surface area contributed by atoms with Crippen LogP contribution in [0.25, 0.3) is 168 Å². The fourth-order valence-electron chi connectivity index (χ4n) is 18.3. The van der Waals surface area contributed by atoms with E-state index in [1.165, 1.54) is 0 Å². The van der Waals surface area contributed by atoms with Crippen molar-refractivity contribution in [1.29, 1.82) is 0 Å². The van der Waals surface area contributed by atoms with Gasteiger partial charge in [-0.3, -0.25) is 0 Å². The largest absolute Gasteiger partial charge is 0.460 e. The quantitative estimate of drug-likeness (QED) is 0.0532. The van der Waals surface area contributed by atoms with Crippen LogP contribution in [0.1, 0.15) is 0 Å². The predicted molar refractivity (Wildman–Crippen MR) is 563 cm³/mol. The molecular formula is C120H84N11O6P3. The summed E-state index contributed by atoms with van der Waals surface area (Å²) in [5.74, 6) is 2.05. The van der Waals surface area contributed by atoms with E-state index in [-0.39, 0.29) is 0 Å². The molecule has 0 saturated heterocycles. The highest BCUT2D eigenvalue weighted by Crippen LogP contribution is 2.80. The van der Waals surface area contributed by atoms with Gasteiger partial charge in [0, 0.05) is 77.9 Å². The molecule has 0 saturated carbocycles. The van der Waals surface area contributed by atoms with Gasteiger partial charge in [-0.05, 0) is 131 Å². The van der Waals surface area contributed by atoms with Gasteiger partial charge >= 0.3 is 23.0 Å². The number of rotatable bonds is 24. The number of benzene rings is 18. The van der Waals surface area contributed by atoms with Gasteiger partial charge in [0.05, 0.1) is 45.5 Å². The minimum Gasteiger partial charge on any atom is -0.413 e. The van der Waals surface area contributed by atoms with Crippen LogP contribution in [0, 0.1) is 0 Å². The van der Waals surface area contributed by atoms with E-state index >= 15 is 0 Å². The Morgan fingerprint density at radius 2 is 0.364 bits per heavy atom. The second-order valence-electron chi connectivity index (χ2n) is 33.6. The minimum atomic E-state index is -4.71. The Morgan fingerprint density at radius 1 is 0.171 bits per heavy atom. The van der Waals surface area contributed by atoms with Crippen molar-refractivity contribution in [3.8, 4) is 203 Å². The normalized spacial score (nSPS) is 13.0. The molecule has 1 spiro atoms. The predicted octanol–water partition coefficient (Wildman–Crippen LogP) is 33.0. The first-order chi connectivity index (χ1) is 69.3. The van der Waals surface area contributed by atoms with Crippen LogP contribution < -0.4 is 27.1 Å². The lowest BCUT2D eigenvalue weighted by molar-refractivity contribution is 0.445. The lowest BCUT2D eigenvalue weighted by Crippen LogP contribution is -2.11. The van der Waals surface area contributed by atoms with Gasteiger partial charge in [0.25, 0.3) is 0 Å². The van der Waals surface area contributed by atoms with Crippen LogP contribution in [-0.2, 0) is 0 Å². The molecular weight excluding hydrogens is 1780 g/mol. The smallest absolute Gasteiger partial charge is 0.413 e. The molecule has 140 heavy (non-hydrogen) atoms. The van der Waals surface area contributed by atoms with E-state index < -0.39 is 23.0 Å². The van der Waals surface area contributed by atoms with Crippen LogP contribution in [0.15, 0.2) is 523 Å². The van der Waals surface area contributed by atoms with Gasteiger partial charge in [0.15, 0.2) is 0 Å². The van der Waals surface area contributed by atoms with Crippen LogP contribution >= 0.6 is 23.0 Å². The van der Waals surface area contributed by atoms with Crippen LogP contribution in [-0.4, -0.2) is 39.1 Å². The molecule has 0 amide bonds. The van der Waals surface area contributed by atoms with E-state index in [2.05, 4.69) is 194 Å². The summed E-state index contributed by atoms with van der Waals surface area (Å²) in [6.45, 7) is 0. The minimum absolute atomic E-state index is 0.305. The summed E-state index contributed by atoms with van der Waals surface area (Å²) in [5.41, 5.74) is 25.9. The van der Waals surface area contributed by atoms with Crippen molar-refractivity contribution in [2.45, 2.75) is 0 Å². The maximum atomic E-state index is 7.97. The molecule has 0 fully saturated rings. The monoisotopic (exact) mass is 1870 g/mol. The first-order valence-electron chi connectivity index (χ1n) is 46.1. The highest BCUT2D eigenvalue weighted by atomic mass is 31.3. The number of nitrogens with zero attached hydrogens (tertiary/aromatic N) is 11. The number of para-hydroxylation sites is 6. The molecule has 4 aromatic heterocycles. The molecule has 0 N–H and O–H groups in total. The van der Waals surface area contributed by atoms with Gasteiger partial charge in [-0.1, -0.05) is 414 Å². The van der Waals surface area contributed by atoms with Crippen molar-refractivity contribution in [3.05, 3.63) is 510 Å². The lowest BCUT2D eigenvalue weighted by Gasteiger charge is -2.32. The SMILES string of the molecule is c1ccc(-c2nn(-c3ccccc3)c(-c3ccccc3)c2-c2ccc(OP3(Oc4ccc(-c5c(-c6ccccc6)nn(-c6ccccc6)c5-c5ccccc5)cc4)=NP(Oc4ccc(-c5c(-c6ccccc6)nn(-c6ccccc6)c5-c5ccccc5)cc4)(Oc4ccc(-c5c(-c6ccccc6)nn(-c6ccccc6)c5-c5ccccc5)cc4)=NP4(=N3)Oc3ccccc3-c3ccccc3O4)cc2)cc1. The van der Waals surface area contributed by atoms with Crippen LogP contribution in [0.5, 0.6) is 34.5 Å². The number of aromatic nitrogens is 8. The van der Waals surface area contributed by atoms with Crippen molar-refractivity contribution in [2.75, 3.05) is 0 Å². The number of fused-ring (bicyclic) bond motifs is 3. The van der Waals surface area contributed by atoms with E-state index in [0.29, 0.717) is 34.5 Å². The first kappa shape index (κ1) is 85.2. The third kappa shape index (κ3) is 16.7. The average molecular weight is 1870 g/mol. The van der Waals surface area contributed by atoms with Gasteiger partial charge < -0.3 is 27.1 Å². The molecule has 17 nitrogen and oxygen atoms in total.